The quantitative estimate of drug-likeness (QED) is 0.299. The number of carbonyl (C=O) groups excluding carboxylic acids is 1. The zero-order chi connectivity index (χ0) is 25.2. The third-order valence-corrected chi connectivity index (χ3v) is 6.32. The van der Waals surface area contributed by atoms with E-state index in [1.54, 1.807) is 16.7 Å². The van der Waals surface area contributed by atoms with Gasteiger partial charge in [0.2, 0.25) is 5.91 Å². The molecule has 1 aliphatic rings. The molecule has 11 heteroatoms. The molecule has 0 bridgehead atoms. The van der Waals surface area contributed by atoms with Crippen molar-refractivity contribution in [3.05, 3.63) is 71.5 Å². The molecule has 0 unspecified atom stereocenters. The Morgan fingerprint density at radius 2 is 1.92 bits per heavy atom. The summed E-state index contributed by atoms with van der Waals surface area (Å²) in [7, 11) is 1.50. The Hall–Kier alpha value is -3.57. The molecular weight excluding hydrogens is 484 g/mol. The van der Waals surface area contributed by atoms with Crippen LogP contribution < -0.4 is 10.6 Å². The van der Waals surface area contributed by atoms with E-state index in [4.69, 9.17) is 26.3 Å². The molecule has 1 amide bonds. The lowest BCUT2D eigenvalue weighted by Gasteiger charge is -2.17. The SMILES string of the molecule is CNC(=O)C[C@@H]1O[C@@H](n2cnc3c(NCc4ccccc4)nc(-c4cccc(Cl)c4)nc32)[C@H](O)[C@@H]1O. The van der Waals surface area contributed by atoms with Crippen molar-refractivity contribution >= 4 is 34.5 Å². The summed E-state index contributed by atoms with van der Waals surface area (Å²) in [6.07, 6.45) is -3.03. The number of hydrogen-bond acceptors (Lipinski definition) is 8. The second-order valence-electron chi connectivity index (χ2n) is 8.49. The second-order valence-corrected chi connectivity index (χ2v) is 8.93. The van der Waals surface area contributed by atoms with Gasteiger partial charge in [-0.25, -0.2) is 15.0 Å². The highest BCUT2D eigenvalue weighted by molar-refractivity contribution is 6.30. The molecule has 4 aromatic rings. The van der Waals surface area contributed by atoms with Gasteiger partial charge in [-0.1, -0.05) is 54.1 Å². The Kier molecular flexibility index (Phi) is 6.84. The minimum Gasteiger partial charge on any atom is -0.388 e. The van der Waals surface area contributed by atoms with E-state index in [1.165, 1.54) is 13.4 Å². The number of anilines is 1. The molecule has 0 radical (unpaired) electrons. The zero-order valence-electron chi connectivity index (χ0n) is 19.4. The van der Waals surface area contributed by atoms with Gasteiger partial charge in [0.25, 0.3) is 0 Å². The molecule has 2 aromatic carbocycles. The van der Waals surface area contributed by atoms with E-state index in [9.17, 15) is 15.0 Å². The molecule has 36 heavy (non-hydrogen) atoms. The number of nitrogens with one attached hydrogen (secondary N) is 2. The fraction of sp³-hybridized carbons (Fsp3) is 0.280. The molecule has 10 nitrogen and oxygen atoms in total. The van der Waals surface area contributed by atoms with Gasteiger partial charge in [0, 0.05) is 24.2 Å². The molecule has 1 aliphatic heterocycles. The van der Waals surface area contributed by atoms with E-state index in [0.717, 1.165) is 5.56 Å². The molecule has 0 saturated carbocycles. The number of amides is 1. The monoisotopic (exact) mass is 508 g/mol. The molecule has 0 aliphatic carbocycles. The van der Waals surface area contributed by atoms with Gasteiger partial charge in [-0.2, -0.15) is 0 Å². The predicted molar refractivity (Wildman–Crippen MR) is 134 cm³/mol. The number of hydrogen-bond donors (Lipinski definition) is 4. The van der Waals surface area contributed by atoms with Crippen LogP contribution in [-0.4, -0.2) is 61.0 Å². The number of benzene rings is 2. The van der Waals surface area contributed by atoms with Gasteiger partial charge in [0.15, 0.2) is 29.0 Å². The second kappa shape index (κ2) is 10.2. The Morgan fingerprint density at radius 3 is 2.67 bits per heavy atom. The maximum Gasteiger partial charge on any atom is 0.222 e. The van der Waals surface area contributed by atoms with E-state index in [2.05, 4.69) is 15.6 Å². The van der Waals surface area contributed by atoms with Crippen LogP contribution in [0.5, 0.6) is 0 Å². The summed E-state index contributed by atoms with van der Waals surface area (Å²) in [5.41, 5.74) is 2.62. The average molecular weight is 509 g/mol. The van der Waals surface area contributed by atoms with Crippen molar-refractivity contribution in [2.75, 3.05) is 12.4 Å². The van der Waals surface area contributed by atoms with Crippen molar-refractivity contribution in [1.29, 1.82) is 0 Å². The largest absolute Gasteiger partial charge is 0.388 e. The van der Waals surface area contributed by atoms with E-state index in [0.29, 0.717) is 39.9 Å². The molecule has 1 fully saturated rings. The van der Waals surface area contributed by atoms with Crippen LogP contribution in [-0.2, 0) is 16.1 Å². The van der Waals surface area contributed by atoms with Crippen molar-refractivity contribution in [2.24, 2.45) is 0 Å². The first-order chi connectivity index (χ1) is 17.4. The summed E-state index contributed by atoms with van der Waals surface area (Å²) >= 11 is 6.21. The molecule has 4 N–H and O–H groups in total. The van der Waals surface area contributed by atoms with E-state index in [1.807, 2.05) is 42.5 Å². The predicted octanol–water partition coefficient (Wildman–Crippen LogP) is 2.51. The van der Waals surface area contributed by atoms with Crippen LogP contribution in [0.25, 0.3) is 22.6 Å². The topological polar surface area (TPSA) is 134 Å². The zero-order valence-corrected chi connectivity index (χ0v) is 20.1. The average Bonchev–Trinajstić information content (AvgIpc) is 3.44. The highest BCUT2D eigenvalue weighted by Gasteiger charge is 2.45. The van der Waals surface area contributed by atoms with E-state index < -0.39 is 24.5 Å². The summed E-state index contributed by atoms with van der Waals surface area (Å²) in [6, 6.07) is 17.0. The number of ether oxygens (including phenoxy) is 1. The summed E-state index contributed by atoms with van der Waals surface area (Å²) in [4.78, 5) is 25.7. The first-order valence-corrected chi connectivity index (χ1v) is 11.8. The first kappa shape index (κ1) is 24.1. The van der Waals surface area contributed by atoms with E-state index >= 15 is 0 Å². The highest BCUT2D eigenvalue weighted by Crippen LogP contribution is 2.34. The number of carbonyl (C=O) groups is 1. The Balaban J connectivity index is 1.55. The summed E-state index contributed by atoms with van der Waals surface area (Å²) in [5, 5.41) is 27.7. The van der Waals surface area contributed by atoms with Crippen molar-refractivity contribution in [3.8, 4) is 11.4 Å². The number of imidazole rings is 1. The number of aliphatic hydroxyl groups excluding tert-OH is 2. The lowest BCUT2D eigenvalue weighted by molar-refractivity contribution is -0.125. The van der Waals surface area contributed by atoms with Crippen LogP contribution in [0, 0.1) is 0 Å². The van der Waals surface area contributed by atoms with Crippen LogP contribution in [0.1, 0.15) is 18.2 Å². The standard InChI is InChI=1S/C25H25ClN6O4/c1-27-18(33)11-17-20(34)21(35)25(36-17)32-13-29-19-23(28-12-14-6-3-2-4-7-14)30-22(31-24(19)32)15-8-5-9-16(26)10-15/h2-10,13,17,20-21,25,34-35H,11-12H2,1H3,(H,27,33)(H,28,30,31)/t17-,20+,21+,25+/m0/s1. The van der Waals surface area contributed by atoms with Gasteiger partial charge in [-0.05, 0) is 17.7 Å². The van der Waals surface area contributed by atoms with Gasteiger partial charge in [-0.3, -0.25) is 9.36 Å². The summed E-state index contributed by atoms with van der Waals surface area (Å²) in [5.74, 6) is 0.588. The molecule has 4 atom stereocenters. The van der Waals surface area contributed by atoms with Gasteiger partial charge >= 0.3 is 0 Å². The lowest BCUT2D eigenvalue weighted by Crippen LogP contribution is -2.34. The Bertz CT molecular complexity index is 1380. The molecular formula is C25H25ClN6O4. The van der Waals surface area contributed by atoms with Gasteiger partial charge in [0.05, 0.1) is 18.9 Å². The van der Waals surface area contributed by atoms with Crippen LogP contribution >= 0.6 is 11.6 Å². The van der Waals surface area contributed by atoms with Crippen LogP contribution in [0.15, 0.2) is 60.9 Å². The van der Waals surface area contributed by atoms with Crippen molar-refractivity contribution < 1.29 is 19.7 Å². The van der Waals surface area contributed by atoms with E-state index in [-0.39, 0.29) is 12.3 Å². The summed E-state index contributed by atoms with van der Waals surface area (Å²) in [6.45, 7) is 0.504. The van der Waals surface area contributed by atoms with Crippen molar-refractivity contribution in [2.45, 2.75) is 37.5 Å². The smallest absolute Gasteiger partial charge is 0.222 e. The molecule has 0 spiro atoms. The number of rotatable bonds is 7. The summed E-state index contributed by atoms with van der Waals surface area (Å²) < 4.78 is 7.46. The van der Waals surface area contributed by atoms with Crippen molar-refractivity contribution in [3.63, 3.8) is 0 Å². The number of aliphatic hydroxyl groups is 2. The third-order valence-electron chi connectivity index (χ3n) is 6.08. The normalized spacial score (nSPS) is 21.6. The number of aromatic nitrogens is 4. The number of fused-ring (bicyclic) bond motifs is 1. The maximum absolute atomic E-state index is 11.8. The fourth-order valence-corrected chi connectivity index (χ4v) is 4.37. The molecule has 1 saturated heterocycles. The lowest BCUT2D eigenvalue weighted by atomic mass is 10.1. The highest BCUT2D eigenvalue weighted by atomic mass is 35.5. The van der Waals surface area contributed by atoms with Crippen LogP contribution in [0.2, 0.25) is 5.02 Å². The van der Waals surface area contributed by atoms with Crippen molar-refractivity contribution in [1.82, 2.24) is 24.8 Å². The molecule has 5 rings (SSSR count). The minimum absolute atomic E-state index is 0.0928. The Labute approximate surface area is 211 Å². The van der Waals surface area contributed by atoms with Crippen LogP contribution in [0.3, 0.4) is 0 Å². The van der Waals surface area contributed by atoms with Crippen LogP contribution in [0.4, 0.5) is 5.82 Å². The fourth-order valence-electron chi connectivity index (χ4n) is 4.18. The number of nitrogens with zero attached hydrogens (tertiary/aromatic N) is 4. The number of halogens is 1. The maximum atomic E-state index is 11.8. The molecule has 3 heterocycles. The van der Waals surface area contributed by atoms with Gasteiger partial charge < -0.3 is 25.6 Å². The first-order valence-electron chi connectivity index (χ1n) is 11.4. The minimum atomic E-state index is -1.29. The van der Waals surface area contributed by atoms with Gasteiger partial charge in [-0.15, -0.1) is 0 Å². The Morgan fingerprint density at radius 1 is 1.11 bits per heavy atom. The van der Waals surface area contributed by atoms with Gasteiger partial charge in [0.1, 0.15) is 12.2 Å². The molecule has 186 valence electrons. The molecule has 2 aromatic heterocycles. The third kappa shape index (κ3) is 4.76.